The quantitative estimate of drug-likeness (QED) is 0.725. The first-order valence-electron chi connectivity index (χ1n) is 8.29. The predicted octanol–water partition coefficient (Wildman–Crippen LogP) is 4.43. The van der Waals surface area contributed by atoms with Crippen molar-refractivity contribution in [2.45, 2.75) is 39.7 Å². The Labute approximate surface area is 146 Å². The minimum absolute atomic E-state index is 0.0252. The lowest BCUT2D eigenvalue weighted by Crippen LogP contribution is -2.14. The maximum absolute atomic E-state index is 13.5. The Balaban J connectivity index is 2.29. The molecule has 0 radical (unpaired) electrons. The number of aryl methyl sites for hydroxylation is 1. The number of aromatic nitrogens is 1. The summed E-state index contributed by atoms with van der Waals surface area (Å²) in [6.07, 6.45) is 0. The highest BCUT2D eigenvalue weighted by Gasteiger charge is 2.18. The number of rotatable bonds is 2. The Bertz CT molecular complexity index is 1010. The third-order valence-electron chi connectivity index (χ3n) is 4.58. The van der Waals surface area contributed by atoms with Crippen molar-refractivity contribution in [1.82, 2.24) is 4.98 Å². The van der Waals surface area contributed by atoms with E-state index in [9.17, 15) is 14.3 Å². The summed E-state index contributed by atoms with van der Waals surface area (Å²) in [6, 6.07) is 10.2. The molecule has 0 aliphatic heterocycles. The summed E-state index contributed by atoms with van der Waals surface area (Å²) in [5.74, 6) is -0.472. The molecule has 3 nitrogen and oxygen atoms in total. The van der Waals surface area contributed by atoms with Crippen LogP contribution in [0.2, 0.25) is 0 Å². The fraction of sp³-hybridized carbons (Fsp3) is 0.286. The minimum Gasteiger partial charge on any atom is -0.391 e. The van der Waals surface area contributed by atoms with E-state index in [1.54, 1.807) is 6.07 Å². The maximum atomic E-state index is 13.5. The number of aromatic amines is 1. The van der Waals surface area contributed by atoms with Crippen LogP contribution in [0.3, 0.4) is 0 Å². The maximum Gasteiger partial charge on any atom is 0.195 e. The van der Waals surface area contributed by atoms with Crippen molar-refractivity contribution in [3.8, 4) is 11.3 Å². The number of aliphatic hydroxyl groups is 1. The van der Waals surface area contributed by atoms with Crippen LogP contribution < -0.4 is 5.43 Å². The first-order chi connectivity index (χ1) is 11.7. The van der Waals surface area contributed by atoms with Crippen molar-refractivity contribution >= 4 is 10.9 Å². The molecule has 0 atom stereocenters. The van der Waals surface area contributed by atoms with Gasteiger partial charge in [-0.1, -0.05) is 39.0 Å². The second kappa shape index (κ2) is 6.12. The van der Waals surface area contributed by atoms with Crippen LogP contribution in [0.5, 0.6) is 0 Å². The number of halogens is 1. The lowest BCUT2D eigenvalue weighted by molar-refractivity contribution is 0.281. The zero-order valence-corrected chi connectivity index (χ0v) is 14.9. The summed E-state index contributed by atoms with van der Waals surface area (Å²) in [6.45, 7) is 8.02. The van der Waals surface area contributed by atoms with Crippen molar-refractivity contribution in [2.75, 3.05) is 0 Å². The Kier molecular flexibility index (Phi) is 4.25. The fourth-order valence-corrected chi connectivity index (χ4v) is 3.09. The number of benzene rings is 2. The molecular formula is C21H22FNO2. The van der Waals surface area contributed by atoms with Gasteiger partial charge in [-0.05, 0) is 41.7 Å². The van der Waals surface area contributed by atoms with Crippen LogP contribution in [0.4, 0.5) is 4.39 Å². The zero-order valence-electron chi connectivity index (χ0n) is 14.9. The van der Waals surface area contributed by atoms with Gasteiger partial charge in [-0.2, -0.15) is 0 Å². The van der Waals surface area contributed by atoms with Gasteiger partial charge in [0, 0.05) is 22.0 Å². The zero-order chi connectivity index (χ0) is 18.4. The molecule has 130 valence electrons. The van der Waals surface area contributed by atoms with Crippen molar-refractivity contribution in [2.24, 2.45) is 0 Å². The highest BCUT2D eigenvalue weighted by Crippen LogP contribution is 2.30. The standard InChI is InChI=1S/C21H22FNO2/c1-12-9-13(21(2,3)4)5-7-15(12)19-17(11-24)20(25)16-10-14(22)6-8-18(16)23-19/h5-10,24H,11H2,1-4H3,(H,23,25). The van der Waals surface area contributed by atoms with E-state index >= 15 is 0 Å². The topological polar surface area (TPSA) is 53.1 Å². The van der Waals surface area contributed by atoms with E-state index in [0.717, 1.165) is 11.1 Å². The highest BCUT2D eigenvalue weighted by molar-refractivity contribution is 5.83. The van der Waals surface area contributed by atoms with Crippen LogP contribution in [0.1, 0.15) is 37.5 Å². The molecule has 0 aliphatic carbocycles. The smallest absolute Gasteiger partial charge is 0.195 e. The van der Waals surface area contributed by atoms with E-state index in [2.05, 4.69) is 31.8 Å². The Hall–Kier alpha value is -2.46. The molecular weight excluding hydrogens is 317 g/mol. The third-order valence-corrected chi connectivity index (χ3v) is 4.58. The van der Waals surface area contributed by atoms with E-state index in [1.165, 1.54) is 17.7 Å². The lowest BCUT2D eigenvalue weighted by atomic mass is 9.84. The van der Waals surface area contributed by atoms with E-state index in [-0.39, 0.29) is 21.8 Å². The Morgan fingerprint density at radius 2 is 1.84 bits per heavy atom. The van der Waals surface area contributed by atoms with E-state index < -0.39 is 12.4 Å². The molecule has 0 bridgehead atoms. The normalized spacial score (nSPS) is 11.9. The highest BCUT2D eigenvalue weighted by atomic mass is 19.1. The molecule has 4 heteroatoms. The average Bonchev–Trinajstić information content (AvgIpc) is 2.54. The van der Waals surface area contributed by atoms with Gasteiger partial charge >= 0.3 is 0 Å². The van der Waals surface area contributed by atoms with Crippen molar-refractivity contribution in [3.63, 3.8) is 0 Å². The number of nitrogens with one attached hydrogen (secondary N) is 1. The predicted molar refractivity (Wildman–Crippen MR) is 99.3 cm³/mol. The lowest BCUT2D eigenvalue weighted by Gasteiger charge is -2.21. The van der Waals surface area contributed by atoms with Gasteiger partial charge in [-0.3, -0.25) is 4.79 Å². The number of H-pyrrole nitrogens is 1. The average molecular weight is 339 g/mol. The summed E-state index contributed by atoms with van der Waals surface area (Å²) in [5.41, 5.74) is 4.15. The summed E-state index contributed by atoms with van der Waals surface area (Å²) in [5, 5.41) is 10.00. The van der Waals surface area contributed by atoms with Crippen LogP contribution in [-0.4, -0.2) is 10.1 Å². The molecule has 0 spiro atoms. The van der Waals surface area contributed by atoms with Crippen LogP contribution in [-0.2, 0) is 12.0 Å². The van der Waals surface area contributed by atoms with Gasteiger partial charge in [-0.15, -0.1) is 0 Å². The van der Waals surface area contributed by atoms with Gasteiger partial charge in [0.1, 0.15) is 5.82 Å². The summed E-state index contributed by atoms with van der Waals surface area (Å²) in [4.78, 5) is 15.9. The number of hydrogen-bond donors (Lipinski definition) is 2. The summed E-state index contributed by atoms with van der Waals surface area (Å²) < 4.78 is 13.5. The van der Waals surface area contributed by atoms with Crippen molar-refractivity contribution in [1.29, 1.82) is 0 Å². The Morgan fingerprint density at radius 3 is 2.44 bits per heavy atom. The van der Waals surface area contributed by atoms with Gasteiger partial charge in [-0.25, -0.2) is 4.39 Å². The van der Waals surface area contributed by atoms with E-state index in [4.69, 9.17) is 0 Å². The molecule has 2 aromatic carbocycles. The molecule has 3 rings (SSSR count). The SMILES string of the molecule is Cc1cc(C(C)(C)C)ccc1-c1[nH]c2ccc(F)cc2c(=O)c1CO. The van der Waals surface area contributed by atoms with Crippen LogP contribution in [0.25, 0.3) is 22.2 Å². The fourth-order valence-electron chi connectivity index (χ4n) is 3.09. The molecule has 0 saturated heterocycles. The van der Waals surface area contributed by atoms with Gasteiger partial charge in [0.25, 0.3) is 0 Å². The second-order valence-corrected chi connectivity index (χ2v) is 7.44. The first-order valence-corrected chi connectivity index (χ1v) is 8.29. The molecule has 0 fully saturated rings. The number of pyridine rings is 1. The van der Waals surface area contributed by atoms with E-state index in [0.29, 0.717) is 11.2 Å². The molecule has 0 saturated carbocycles. The number of fused-ring (bicyclic) bond motifs is 1. The van der Waals surface area contributed by atoms with Crippen molar-refractivity contribution in [3.05, 3.63) is 69.1 Å². The van der Waals surface area contributed by atoms with E-state index in [1.807, 2.05) is 19.1 Å². The second-order valence-electron chi connectivity index (χ2n) is 7.44. The number of hydrogen-bond acceptors (Lipinski definition) is 2. The van der Waals surface area contributed by atoms with Gasteiger partial charge in [0.15, 0.2) is 5.43 Å². The minimum atomic E-state index is -0.472. The molecule has 0 aliphatic rings. The Morgan fingerprint density at radius 1 is 1.12 bits per heavy atom. The van der Waals surface area contributed by atoms with Crippen LogP contribution >= 0.6 is 0 Å². The van der Waals surface area contributed by atoms with Crippen LogP contribution in [0.15, 0.2) is 41.2 Å². The van der Waals surface area contributed by atoms with Crippen molar-refractivity contribution < 1.29 is 9.50 Å². The summed E-state index contributed by atoms with van der Waals surface area (Å²) >= 11 is 0. The first kappa shape index (κ1) is 17.4. The molecule has 2 N–H and O–H groups in total. The monoisotopic (exact) mass is 339 g/mol. The van der Waals surface area contributed by atoms with Gasteiger partial charge in [0.05, 0.1) is 12.3 Å². The van der Waals surface area contributed by atoms with Crippen LogP contribution in [0, 0.1) is 12.7 Å². The molecule has 3 aromatic rings. The molecule has 0 amide bonds. The molecule has 1 heterocycles. The largest absolute Gasteiger partial charge is 0.391 e. The van der Waals surface area contributed by atoms with Gasteiger partial charge in [0.2, 0.25) is 0 Å². The summed E-state index contributed by atoms with van der Waals surface area (Å²) in [7, 11) is 0. The molecule has 1 aromatic heterocycles. The molecule has 25 heavy (non-hydrogen) atoms. The number of aliphatic hydroxyl groups excluding tert-OH is 1. The third kappa shape index (κ3) is 3.10. The van der Waals surface area contributed by atoms with Gasteiger partial charge < -0.3 is 10.1 Å². The molecule has 0 unspecified atom stereocenters.